The number of anilines is 1. The maximum Gasteiger partial charge on any atom is 0.420 e. The molecule has 2 aromatic carbocycles. The molecule has 1 amide bonds. The van der Waals surface area contributed by atoms with Crippen LogP contribution in [-0.4, -0.2) is 12.1 Å². The third-order valence-corrected chi connectivity index (χ3v) is 4.37. The molecular weight excluding hydrogens is 298 g/mol. The first kappa shape index (κ1) is 16.1. The van der Waals surface area contributed by atoms with Crippen LogP contribution >= 0.6 is 0 Å². The van der Waals surface area contributed by atoms with Crippen molar-refractivity contribution < 1.29 is 9.53 Å². The van der Waals surface area contributed by atoms with Gasteiger partial charge in [-0.2, -0.15) is 0 Å². The van der Waals surface area contributed by atoms with Crippen molar-refractivity contribution in [1.82, 2.24) is 0 Å². The summed E-state index contributed by atoms with van der Waals surface area (Å²) in [5.41, 5.74) is 1.55. The van der Waals surface area contributed by atoms with Gasteiger partial charge in [-0.15, -0.1) is 6.58 Å². The highest BCUT2D eigenvalue weighted by molar-refractivity contribution is 5.95. The zero-order valence-electron chi connectivity index (χ0n) is 14.0. The number of carbonyl (C=O) groups is 1. The number of hydrogen-bond donors (Lipinski definition) is 0. The van der Waals surface area contributed by atoms with Crippen LogP contribution in [-0.2, 0) is 0 Å². The van der Waals surface area contributed by atoms with Crippen molar-refractivity contribution in [2.75, 3.05) is 4.90 Å². The van der Waals surface area contributed by atoms with Crippen molar-refractivity contribution in [3.8, 4) is 5.75 Å². The van der Waals surface area contributed by atoms with E-state index in [0.29, 0.717) is 5.75 Å². The van der Waals surface area contributed by atoms with Gasteiger partial charge >= 0.3 is 6.09 Å². The van der Waals surface area contributed by atoms with Gasteiger partial charge in [0.05, 0.1) is 11.7 Å². The first-order chi connectivity index (χ1) is 11.5. The SMILES string of the molecule is C=CC(C)(C)C1C=Cc2ccccc2N1C(=O)Oc1ccccc1. The molecule has 0 saturated carbocycles. The molecule has 0 spiro atoms. The Morgan fingerprint density at radius 1 is 1.12 bits per heavy atom. The predicted octanol–water partition coefficient (Wildman–Crippen LogP) is 5.30. The second kappa shape index (κ2) is 6.36. The Labute approximate surface area is 142 Å². The lowest BCUT2D eigenvalue weighted by Crippen LogP contribution is -2.49. The summed E-state index contributed by atoms with van der Waals surface area (Å²) in [5.74, 6) is 0.532. The Hall–Kier alpha value is -2.81. The van der Waals surface area contributed by atoms with Crippen LogP contribution in [0.3, 0.4) is 0 Å². The fourth-order valence-electron chi connectivity index (χ4n) is 2.83. The van der Waals surface area contributed by atoms with Crippen molar-refractivity contribution in [3.63, 3.8) is 0 Å². The Bertz CT molecular complexity index is 777. The molecule has 1 aliphatic heterocycles. The lowest BCUT2D eigenvalue weighted by Gasteiger charge is -2.40. The molecule has 122 valence electrons. The van der Waals surface area contributed by atoms with Crippen LogP contribution in [0.2, 0.25) is 0 Å². The van der Waals surface area contributed by atoms with Crippen LogP contribution in [0.5, 0.6) is 5.75 Å². The molecule has 0 fully saturated rings. The molecule has 24 heavy (non-hydrogen) atoms. The van der Waals surface area contributed by atoms with Gasteiger partial charge in [0.1, 0.15) is 5.75 Å². The van der Waals surface area contributed by atoms with Gasteiger partial charge in [0.2, 0.25) is 0 Å². The van der Waals surface area contributed by atoms with Gasteiger partial charge in [0.25, 0.3) is 0 Å². The Morgan fingerprint density at radius 2 is 1.79 bits per heavy atom. The minimum atomic E-state index is -0.391. The molecule has 1 heterocycles. The van der Waals surface area contributed by atoms with Crippen LogP contribution in [0.1, 0.15) is 19.4 Å². The van der Waals surface area contributed by atoms with E-state index < -0.39 is 6.09 Å². The second-order valence-electron chi connectivity index (χ2n) is 6.44. The number of fused-ring (bicyclic) bond motifs is 1. The lowest BCUT2D eigenvalue weighted by molar-refractivity contribution is 0.201. The number of para-hydroxylation sites is 2. The Balaban J connectivity index is 2.00. The van der Waals surface area contributed by atoms with E-state index in [-0.39, 0.29) is 11.5 Å². The van der Waals surface area contributed by atoms with Crippen molar-refractivity contribution in [2.24, 2.45) is 5.41 Å². The molecule has 3 rings (SSSR count). The van der Waals surface area contributed by atoms with Gasteiger partial charge in [0.15, 0.2) is 0 Å². The molecule has 0 N–H and O–H groups in total. The molecule has 0 radical (unpaired) electrons. The molecule has 0 aromatic heterocycles. The van der Waals surface area contributed by atoms with E-state index in [4.69, 9.17) is 4.74 Å². The molecule has 0 bridgehead atoms. The minimum Gasteiger partial charge on any atom is -0.410 e. The standard InChI is InChI=1S/C21H21NO2/c1-4-21(2,3)19-15-14-16-10-8-9-13-18(16)22(19)20(23)24-17-11-6-5-7-12-17/h4-15,19H,1H2,2-3H3. The first-order valence-corrected chi connectivity index (χ1v) is 8.00. The average molecular weight is 319 g/mol. The predicted molar refractivity (Wildman–Crippen MR) is 98.2 cm³/mol. The van der Waals surface area contributed by atoms with Gasteiger partial charge < -0.3 is 4.74 Å². The van der Waals surface area contributed by atoms with Crippen molar-refractivity contribution in [1.29, 1.82) is 0 Å². The molecule has 3 heteroatoms. The minimum absolute atomic E-state index is 0.166. The summed E-state index contributed by atoms with van der Waals surface area (Å²) in [7, 11) is 0. The largest absolute Gasteiger partial charge is 0.420 e. The summed E-state index contributed by atoms with van der Waals surface area (Å²) in [6.45, 7) is 8.05. The highest BCUT2D eigenvalue weighted by Gasteiger charge is 2.37. The maximum absolute atomic E-state index is 12.9. The molecule has 2 aromatic rings. The summed E-state index contributed by atoms with van der Waals surface area (Å²) in [5, 5.41) is 0. The van der Waals surface area contributed by atoms with Crippen LogP contribution in [0.15, 0.2) is 73.3 Å². The van der Waals surface area contributed by atoms with Gasteiger partial charge in [-0.1, -0.05) is 68.5 Å². The highest BCUT2D eigenvalue weighted by Crippen LogP contribution is 2.37. The summed E-state index contributed by atoms with van der Waals surface area (Å²) in [6.07, 6.45) is 5.57. The molecule has 3 nitrogen and oxygen atoms in total. The maximum atomic E-state index is 12.9. The molecule has 0 saturated heterocycles. The Kier molecular flexibility index (Phi) is 4.26. The third kappa shape index (κ3) is 2.98. The van der Waals surface area contributed by atoms with Gasteiger partial charge in [-0.25, -0.2) is 4.79 Å². The van der Waals surface area contributed by atoms with Crippen molar-refractivity contribution in [2.45, 2.75) is 19.9 Å². The summed E-state index contributed by atoms with van der Waals surface area (Å²) in [6, 6.07) is 16.8. The van der Waals surface area contributed by atoms with Gasteiger partial charge in [0, 0.05) is 5.41 Å². The lowest BCUT2D eigenvalue weighted by atomic mass is 9.81. The van der Waals surface area contributed by atoms with Crippen molar-refractivity contribution in [3.05, 3.63) is 78.9 Å². The quantitative estimate of drug-likeness (QED) is 0.718. The topological polar surface area (TPSA) is 29.5 Å². The molecule has 1 unspecified atom stereocenters. The number of ether oxygens (including phenoxy) is 1. The number of rotatable bonds is 3. The zero-order chi connectivity index (χ0) is 17.2. The smallest absolute Gasteiger partial charge is 0.410 e. The van der Waals surface area contributed by atoms with E-state index in [9.17, 15) is 4.79 Å². The van der Waals surface area contributed by atoms with Gasteiger partial charge in [-0.05, 0) is 23.8 Å². The fourth-order valence-corrected chi connectivity index (χ4v) is 2.83. The van der Waals surface area contributed by atoms with E-state index in [0.717, 1.165) is 11.3 Å². The van der Waals surface area contributed by atoms with Crippen molar-refractivity contribution >= 4 is 17.9 Å². The number of amides is 1. The summed E-state index contributed by atoms with van der Waals surface area (Å²) in [4.78, 5) is 14.7. The summed E-state index contributed by atoms with van der Waals surface area (Å²) >= 11 is 0. The highest BCUT2D eigenvalue weighted by atomic mass is 16.6. The second-order valence-corrected chi connectivity index (χ2v) is 6.44. The van der Waals surface area contributed by atoms with E-state index in [1.807, 2.05) is 54.6 Å². The summed E-state index contributed by atoms with van der Waals surface area (Å²) < 4.78 is 5.60. The molecular formula is C21H21NO2. The van der Waals surface area contributed by atoms with Gasteiger partial charge in [-0.3, -0.25) is 4.90 Å². The number of benzene rings is 2. The Morgan fingerprint density at radius 3 is 2.50 bits per heavy atom. The van der Waals surface area contributed by atoms with E-state index in [1.54, 1.807) is 17.0 Å². The molecule has 1 aliphatic rings. The molecule has 1 atom stereocenters. The van der Waals surface area contributed by atoms with E-state index in [1.165, 1.54) is 0 Å². The first-order valence-electron chi connectivity index (χ1n) is 8.00. The fraction of sp³-hybridized carbons (Fsp3) is 0.190. The number of carbonyl (C=O) groups excluding carboxylic acids is 1. The monoisotopic (exact) mass is 319 g/mol. The van der Waals surface area contributed by atoms with Crippen LogP contribution in [0.4, 0.5) is 10.5 Å². The van der Waals surface area contributed by atoms with Crippen LogP contribution in [0.25, 0.3) is 6.08 Å². The number of hydrogen-bond acceptors (Lipinski definition) is 2. The zero-order valence-corrected chi connectivity index (χ0v) is 14.0. The van der Waals surface area contributed by atoms with Crippen LogP contribution < -0.4 is 9.64 Å². The van der Waals surface area contributed by atoms with E-state index in [2.05, 4.69) is 26.5 Å². The third-order valence-electron chi connectivity index (χ3n) is 4.37. The number of nitrogens with zero attached hydrogens (tertiary/aromatic N) is 1. The normalized spacial score (nSPS) is 16.4. The average Bonchev–Trinajstić information content (AvgIpc) is 2.61. The van der Waals surface area contributed by atoms with E-state index >= 15 is 0 Å². The molecule has 0 aliphatic carbocycles. The van der Waals surface area contributed by atoms with Crippen LogP contribution in [0, 0.1) is 5.41 Å².